The Kier molecular flexibility index (Phi) is 29.1. The largest absolute Gasteiger partial charge is 0.469 e. The highest BCUT2D eigenvalue weighted by molar-refractivity contribution is 7.46. The predicted octanol–water partition coefficient (Wildman–Crippen LogP) is 9.45. The number of unbranched alkanes of at least 4 members (excludes halogenated alkanes) is 14. The molecule has 0 fully saturated rings. The van der Waals surface area contributed by atoms with Crippen LogP contribution in [0.5, 0.6) is 0 Å². The summed E-state index contributed by atoms with van der Waals surface area (Å²) < 4.78 is 26.2. The lowest BCUT2D eigenvalue weighted by atomic mass is 10.1. The summed E-state index contributed by atoms with van der Waals surface area (Å²) in [4.78, 5) is 42.5. The molecule has 0 aromatic heterocycles. The fraction of sp³-hybridized carbons (Fsp3) is 0.765. The van der Waals surface area contributed by atoms with E-state index in [-0.39, 0.29) is 19.4 Å². The van der Waals surface area contributed by atoms with Crippen molar-refractivity contribution in [3.05, 3.63) is 36.5 Å². The summed E-state index contributed by atoms with van der Waals surface area (Å²) in [5.74, 6) is -0.917. The van der Waals surface area contributed by atoms with Gasteiger partial charge in [-0.25, -0.2) is 4.57 Å². The molecule has 0 aliphatic rings. The number of carbonyl (C=O) groups excluding carboxylic acids is 2. The maximum absolute atomic E-state index is 12.3. The minimum absolute atomic E-state index is 0.194. The molecule has 0 saturated carbocycles. The molecular formula is C34H61O8P. The summed E-state index contributed by atoms with van der Waals surface area (Å²) >= 11 is 0. The van der Waals surface area contributed by atoms with Crippen LogP contribution in [0.15, 0.2) is 36.5 Å². The maximum Gasteiger partial charge on any atom is 0.469 e. The Morgan fingerprint density at radius 3 is 1.56 bits per heavy atom. The first kappa shape index (κ1) is 41.3. The van der Waals surface area contributed by atoms with E-state index in [9.17, 15) is 14.2 Å². The summed E-state index contributed by atoms with van der Waals surface area (Å²) in [5.41, 5.74) is 0. The molecule has 0 unspecified atom stereocenters. The van der Waals surface area contributed by atoms with E-state index in [0.29, 0.717) is 12.8 Å². The van der Waals surface area contributed by atoms with Gasteiger partial charge in [0.05, 0.1) is 6.61 Å². The van der Waals surface area contributed by atoms with Crippen molar-refractivity contribution in [2.45, 2.75) is 155 Å². The monoisotopic (exact) mass is 628 g/mol. The van der Waals surface area contributed by atoms with E-state index < -0.39 is 32.5 Å². The number of rotatable bonds is 30. The number of carbonyl (C=O) groups is 2. The van der Waals surface area contributed by atoms with Gasteiger partial charge in [0.1, 0.15) is 6.61 Å². The van der Waals surface area contributed by atoms with Gasteiger partial charge in [-0.2, -0.15) is 0 Å². The van der Waals surface area contributed by atoms with Crippen molar-refractivity contribution in [2.24, 2.45) is 0 Å². The van der Waals surface area contributed by atoms with Crippen molar-refractivity contribution in [3.63, 3.8) is 0 Å². The Labute approximate surface area is 262 Å². The fourth-order valence-corrected chi connectivity index (χ4v) is 4.67. The van der Waals surface area contributed by atoms with E-state index in [0.717, 1.165) is 83.5 Å². The fourth-order valence-electron chi connectivity index (χ4n) is 4.31. The number of esters is 2. The summed E-state index contributed by atoms with van der Waals surface area (Å²) in [5, 5.41) is 0. The van der Waals surface area contributed by atoms with E-state index in [1.165, 1.54) is 25.7 Å². The van der Waals surface area contributed by atoms with Crippen LogP contribution in [0.3, 0.4) is 0 Å². The van der Waals surface area contributed by atoms with Gasteiger partial charge >= 0.3 is 19.8 Å². The van der Waals surface area contributed by atoms with Gasteiger partial charge in [0.25, 0.3) is 0 Å². The third-order valence-electron chi connectivity index (χ3n) is 6.88. The summed E-state index contributed by atoms with van der Waals surface area (Å²) in [7, 11) is -4.75. The zero-order valence-electron chi connectivity index (χ0n) is 27.1. The molecule has 9 heteroatoms. The van der Waals surface area contributed by atoms with E-state index in [2.05, 4.69) is 54.8 Å². The molecule has 0 bridgehead atoms. The molecule has 8 nitrogen and oxygen atoms in total. The van der Waals surface area contributed by atoms with Gasteiger partial charge in [-0.1, -0.05) is 115 Å². The van der Waals surface area contributed by atoms with E-state index in [1.54, 1.807) is 0 Å². The van der Waals surface area contributed by atoms with Crippen molar-refractivity contribution in [1.82, 2.24) is 0 Å². The summed E-state index contributed by atoms with van der Waals surface area (Å²) in [6.07, 6.45) is 32.9. The molecule has 0 aliphatic heterocycles. The van der Waals surface area contributed by atoms with E-state index in [4.69, 9.17) is 19.3 Å². The molecule has 0 aromatic rings. The normalized spacial score (nSPS) is 12.9. The van der Waals surface area contributed by atoms with Gasteiger partial charge in [0.2, 0.25) is 0 Å². The van der Waals surface area contributed by atoms with Crippen molar-refractivity contribution in [1.29, 1.82) is 0 Å². The molecule has 0 rings (SSSR count). The lowest BCUT2D eigenvalue weighted by molar-refractivity contribution is -0.161. The first-order valence-electron chi connectivity index (χ1n) is 16.8. The minimum atomic E-state index is -4.75. The van der Waals surface area contributed by atoms with Gasteiger partial charge < -0.3 is 19.3 Å². The predicted molar refractivity (Wildman–Crippen MR) is 175 cm³/mol. The molecule has 0 saturated heterocycles. The number of phosphoric acid groups is 1. The van der Waals surface area contributed by atoms with E-state index in [1.807, 2.05) is 0 Å². The summed E-state index contributed by atoms with van der Waals surface area (Å²) in [6.45, 7) is 3.55. The van der Waals surface area contributed by atoms with Crippen LogP contribution in [-0.4, -0.2) is 41.0 Å². The molecule has 0 aliphatic carbocycles. The third-order valence-corrected chi connectivity index (χ3v) is 7.37. The Hall–Kier alpha value is -1.73. The Morgan fingerprint density at radius 1 is 0.605 bits per heavy atom. The molecular weight excluding hydrogens is 567 g/mol. The third kappa shape index (κ3) is 33.0. The average molecular weight is 629 g/mol. The van der Waals surface area contributed by atoms with Gasteiger partial charge in [0, 0.05) is 12.8 Å². The lowest BCUT2D eigenvalue weighted by Gasteiger charge is -2.18. The SMILES string of the molecule is CCCC/C=C\C/C=C\CCCCCCCC(=O)O[C@H](COC(=O)CCCCCCC/C=C\CCCC)COP(=O)(O)O. The van der Waals surface area contributed by atoms with Crippen LogP contribution in [-0.2, 0) is 28.2 Å². The van der Waals surface area contributed by atoms with Crippen LogP contribution >= 0.6 is 7.82 Å². The topological polar surface area (TPSA) is 119 Å². The van der Waals surface area contributed by atoms with Gasteiger partial charge in [0.15, 0.2) is 6.10 Å². The number of allylic oxidation sites excluding steroid dienone is 6. The van der Waals surface area contributed by atoms with Crippen molar-refractivity contribution >= 4 is 19.8 Å². The molecule has 2 N–H and O–H groups in total. The second-order valence-corrected chi connectivity index (χ2v) is 12.4. The molecule has 1 atom stereocenters. The Morgan fingerprint density at radius 2 is 1.05 bits per heavy atom. The number of hydrogen-bond donors (Lipinski definition) is 2. The maximum atomic E-state index is 12.3. The summed E-state index contributed by atoms with van der Waals surface area (Å²) in [6, 6.07) is 0. The first-order chi connectivity index (χ1) is 20.8. The van der Waals surface area contributed by atoms with Crippen LogP contribution < -0.4 is 0 Å². The molecule has 0 spiro atoms. The van der Waals surface area contributed by atoms with Crippen LogP contribution in [0.4, 0.5) is 0 Å². The van der Waals surface area contributed by atoms with Crippen molar-refractivity contribution in [2.75, 3.05) is 13.2 Å². The van der Waals surface area contributed by atoms with Gasteiger partial charge in [-0.15, -0.1) is 0 Å². The van der Waals surface area contributed by atoms with Crippen LogP contribution in [0.2, 0.25) is 0 Å². The zero-order chi connectivity index (χ0) is 31.9. The Balaban J connectivity index is 4.06. The second-order valence-electron chi connectivity index (χ2n) is 11.1. The molecule has 0 radical (unpaired) electrons. The van der Waals surface area contributed by atoms with Crippen LogP contribution in [0, 0.1) is 0 Å². The lowest BCUT2D eigenvalue weighted by Crippen LogP contribution is -2.29. The molecule has 43 heavy (non-hydrogen) atoms. The number of phosphoric ester groups is 1. The smallest absolute Gasteiger partial charge is 0.462 e. The number of hydrogen-bond acceptors (Lipinski definition) is 6. The van der Waals surface area contributed by atoms with E-state index >= 15 is 0 Å². The molecule has 0 heterocycles. The zero-order valence-corrected chi connectivity index (χ0v) is 28.0. The van der Waals surface area contributed by atoms with Crippen LogP contribution in [0.25, 0.3) is 0 Å². The molecule has 0 aromatic carbocycles. The highest BCUT2D eigenvalue weighted by Crippen LogP contribution is 2.35. The van der Waals surface area contributed by atoms with Crippen molar-refractivity contribution in [3.8, 4) is 0 Å². The quantitative estimate of drug-likeness (QED) is 0.0349. The standard InChI is InChI=1S/C34H61O8P/c1-3-5-7-9-11-13-15-16-17-19-21-23-25-27-29-34(36)42-32(31-41-43(37,38)39)30-40-33(35)28-26-24-22-20-18-14-12-10-8-6-4-2/h9-12,15-16,32H,3-8,13-14,17-31H2,1-2H3,(H2,37,38,39)/b11-9-,12-10-,16-15-/t32-/m1/s1. The van der Waals surface area contributed by atoms with Crippen molar-refractivity contribution < 1.29 is 37.9 Å². The second kappa shape index (κ2) is 30.3. The minimum Gasteiger partial charge on any atom is -0.462 e. The number of ether oxygens (including phenoxy) is 2. The highest BCUT2D eigenvalue weighted by atomic mass is 31.2. The van der Waals surface area contributed by atoms with Crippen LogP contribution in [0.1, 0.15) is 149 Å². The molecule has 250 valence electrons. The molecule has 0 amide bonds. The van der Waals surface area contributed by atoms with Gasteiger partial charge in [-0.3, -0.25) is 14.1 Å². The van der Waals surface area contributed by atoms with Gasteiger partial charge in [-0.05, 0) is 57.8 Å². The highest BCUT2D eigenvalue weighted by Gasteiger charge is 2.22. The average Bonchev–Trinajstić information content (AvgIpc) is 2.97. The first-order valence-corrected chi connectivity index (χ1v) is 18.3. The Bertz CT molecular complexity index is 802.